The van der Waals surface area contributed by atoms with E-state index in [1.54, 1.807) is 0 Å². The molecule has 0 fully saturated rings. The van der Waals surface area contributed by atoms with E-state index < -0.39 is 0 Å². The number of hydrogen-bond acceptors (Lipinski definition) is 0. The van der Waals surface area contributed by atoms with Crippen LogP contribution in [0.4, 0.5) is 4.39 Å². The Hall–Kier alpha value is -4.50. The Bertz CT molecular complexity index is 2030. The highest BCUT2D eigenvalue weighted by Gasteiger charge is 2.22. The van der Waals surface area contributed by atoms with Gasteiger partial charge in [-0.05, 0) is 73.2 Å². The van der Waals surface area contributed by atoms with Gasteiger partial charge in [0.05, 0.1) is 27.7 Å². The molecule has 0 aliphatic rings. The maximum atomic E-state index is 14.7. The lowest BCUT2D eigenvalue weighted by Crippen LogP contribution is -2.31. The van der Waals surface area contributed by atoms with Gasteiger partial charge in [-0.3, -0.25) is 0 Å². The predicted molar refractivity (Wildman–Crippen MR) is 157 cm³/mol. The summed E-state index contributed by atoms with van der Waals surface area (Å²) in [5.41, 5.74) is 8.13. The summed E-state index contributed by atoms with van der Waals surface area (Å²) in [6.07, 6.45) is 2.12. The highest BCUT2D eigenvalue weighted by Crippen LogP contribution is 2.38. The molecule has 0 radical (unpaired) electrons. The van der Waals surface area contributed by atoms with Crippen LogP contribution in [-0.2, 0) is 7.05 Å². The molecule has 0 amide bonds. The predicted octanol–water partition coefficient (Wildman–Crippen LogP) is 8.65. The normalized spacial score (nSPS) is 11.8. The highest BCUT2D eigenvalue weighted by atomic mass is 19.1. The van der Waals surface area contributed by atoms with Gasteiger partial charge < -0.3 is 4.57 Å². The molecule has 0 saturated heterocycles. The second-order valence-electron chi connectivity index (χ2n) is 10.3. The first-order chi connectivity index (χ1) is 18.5. The van der Waals surface area contributed by atoms with Crippen LogP contribution in [0.15, 0.2) is 97.2 Å². The molecule has 0 N–H and O–H groups in total. The fourth-order valence-electron chi connectivity index (χ4n) is 6.21. The highest BCUT2D eigenvalue weighted by molar-refractivity contribution is 6.15. The fraction of sp³-hybridized carbons (Fsp3) is 0.114. The fourth-order valence-corrected chi connectivity index (χ4v) is 6.21. The van der Waals surface area contributed by atoms with Crippen LogP contribution in [0.25, 0.3) is 60.3 Å². The number of nitrogens with zero attached hydrogens (tertiary/aromatic N) is 2. The second kappa shape index (κ2) is 8.26. The molecule has 0 saturated carbocycles. The van der Waals surface area contributed by atoms with Gasteiger partial charge in [0.25, 0.3) is 0 Å². The maximum absolute atomic E-state index is 14.7. The molecular weight excluding hydrogens is 467 g/mol. The Labute approximate surface area is 221 Å². The Morgan fingerprint density at radius 2 is 1.21 bits per heavy atom. The van der Waals surface area contributed by atoms with Crippen LogP contribution in [-0.4, -0.2) is 4.57 Å². The lowest BCUT2D eigenvalue weighted by Gasteiger charge is -2.15. The van der Waals surface area contributed by atoms with Crippen LogP contribution in [0.2, 0.25) is 0 Å². The molecule has 2 heterocycles. The SMILES string of the molecule is Cc1cc(-c2c3ccc4c(-n5c6ccccc6c6ccccc65)cccc4c3cc[n+]2C)c(C)c(C)c1F. The van der Waals surface area contributed by atoms with Crippen LogP contribution >= 0.6 is 0 Å². The third-order valence-electron chi connectivity index (χ3n) is 8.23. The smallest absolute Gasteiger partial charge is 0.220 e. The van der Waals surface area contributed by atoms with Gasteiger partial charge in [0.2, 0.25) is 5.69 Å². The van der Waals surface area contributed by atoms with Crippen LogP contribution in [0.3, 0.4) is 0 Å². The van der Waals surface area contributed by atoms with Crippen molar-refractivity contribution in [3.8, 4) is 16.9 Å². The maximum Gasteiger partial charge on any atom is 0.220 e. The molecule has 0 spiro atoms. The summed E-state index contributed by atoms with van der Waals surface area (Å²) in [5, 5.41) is 7.28. The van der Waals surface area contributed by atoms with E-state index in [2.05, 4.69) is 107 Å². The van der Waals surface area contributed by atoms with Crippen LogP contribution in [0, 0.1) is 26.6 Å². The van der Waals surface area contributed by atoms with Gasteiger partial charge in [0.15, 0.2) is 6.20 Å². The van der Waals surface area contributed by atoms with E-state index in [1.807, 2.05) is 26.8 Å². The Morgan fingerprint density at radius 3 is 1.92 bits per heavy atom. The summed E-state index contributed by atoms with van der Waals surface area (Å²) in [7, 11) is 2.07. The number of halogens is 1. The molecule has 0 aliphatic heterocycles. The largest absolute Gasteiger partial charge is 0.309 e. The molecule has 38 heavy (non-hydrogen) atoms. The van der Waals surface area contributed by atoms with E-state index in [0.29, 0.717) is 11.1 Å². The van der Waals surface area contributed by atoms with Gasteiger partial charge in [-0.15, -0.1) is 0 Å². The van der Waals surface area contributed by atoms with Gasteiger partial charge in [-0.1, -0.05) is 54.6 Å². The first kappa shape index (κ1) is 22.7. The van der Waals surface area contributed by atoms with E-state index in [-0.39, 0.29) is 5.82 Å². The van der Waals surface area contributed by atoms with Crippen LogP contribution in [0.5, 0.6) is 0 Å². The minimum absolute atomic E-state index is 0.115. The number of pyridine rings is 1. The summed E-state index contributed by atoms with van der Waals surface area (Å²) < 4.78 is 19.2. The molecule has 2 nitrogen and oxygen atoms in total. The van der Waals surface area contributed by atoms with Crippen molar-refractivity contribution in [1.82, 2.24) is 4.57 Å². The Balaban J connectivity index is 1.57. The van der Waals surface area contributed by atoms with E-state index in [1.165, 1.54) is 43.7 Å². The van der Waals surface area contributed by atoms with E-state index in [0.717, 1.165) is 22.2 Å². The van der Waals surface area contributed by atoms with E-state index in [4.69, 9.17) is 0 Å². The van der Waals surface area contributed by atoms with Gasteiger partial charge in [-0.2, -0.15) is 0 Å². The van der Waals surface area contributed by atoms with Gasteiger partial charge in [0, 0.05) is 27.6 Å². The van der Waals surface area contributed by atoms with Crippen molar-refractivity contribution in [3.05, 3.63) is 120 Å². The quantitative estimate of drug-likeness (QED) is 0.168. The molecule has 0 bridgehead atoms. The number of benzene rings is 5. The average molecular weight is 496 g/mol. The minimum atomic E-state index is -0.115. The summed E-state index contributed by atoms with van der Waals surface area (Å²) in [5.74, 6) is -0.115. The third-order valence-corrected chi connectivity index (χ3v) is 8.23. The molecule has 3 heteroatoms. The van der Waals surface area contributed by atoms with Crippen molar-refractivity contribution in [2.24, 2.45) is 7.05 Å². The Morgan fingerprint density at radius 1 is 0.605 bits per heavy atom. The molecule has 0 atom stereocenters. The molecule has 5 aromatic carbocycles. The number of para-hydroxylation sites is 2. The van der Waals surface area contributed by atoms with Crippen molar-refractivity contribution in [1.29, 1.82) is 0 Å². The topological polar surface area (TPSA) is 8.81 Å². The van der Waals surface area contributed by atoms with Crippen molar-refractivity contribution >= 4 is 43.4 Å². The number of rotatable bonds is 2. The van der Waals surface area contributed by atoms with Gasteiger partial charge >= 0.3 is 0 Å². The second-order valence-corrected chi connectivity index (χ2v) is 10.3. The lowest BCUT2D eigenvalue weighted by atomic mass is 9.92. The lowest BCUT2D eigenvalue weighted by molar-refractivity contribution is -0.659. The molecule has 7 rings (SSSR count). The van der Waals surface area contributed by atoms with E-state index in [9.17, 15) is 4.39 Å². The number of hydrogen-bond donors (Lipinski definition) is 0. The molecule has 7 aromatic rings. The minimum Gasteiger partial charge on any atom is -0.309 e. The van der Waals surface area contributed by atoms with Crippen molar-refractivity contribution in [3.63, 3.8) is 0 Å². The summed E-state index contributed by atoms with van der Waals surface area (Å²) in [6.45, 7) is 5.75. The van der Waals surface area contributed by atoms with Crippen molar-refractivity contribution in [2.75, 3.05) is 0 Å². The molecule has 0 unspecified atom stereocenters. The average Bonchev–Trinajstić information content (AvgIpc) is 3.28. The monoisotopic (exact) mass is 495 g/mol. The van der Waals surface area contributed by atoms with Crippen LogP contribution in [0.1, 0.15) is 16.7 Å². The molecule has 2 aromatic heterocycles. The van der Waals surface area contributed by atoms with Gasteiger partial charge in [-0.25, -0.2) is 8.96 Å². The molecule has 0 aliphatic carbocycles. The first-order valence-electron chi connectivity index (χ1n) is 13.0. The van der Waals surface area contributed by atoms with Crippen molar-refractivity contribution < 1.29 is 8.96 Å². The van der Waals surface area contributed by atoms with E-state index >= 15 is 0 Å². The number of aryl methyl sites for hydroxylation is 2. The third kappa shape index (κ3) is 3.08. The van der Waals surface area contributed by atoms with Crippen molar-refractivity contribution in [2.45, 2.75) is 20.8 Å². The zero-order valence-corrected chi connectivity index (χ0v) is 22.0. The number of fused-ring (bicyclic) bond motifs is 6. The molecular formula is C35H28FN2+. The van der Waals surface area contributed by atoms with Gasteiger partial charge in [0.1, 0.15) is 12.9 Å². The summed E-state index contributed by atoms with van der Waals surface area (Å²) in [6, 6.07) is 32.5. The zero-order valence-electron chi connectivity index (χ0n) is 22.0. The standard InChI is InChI=1S/C35H28FN2/c1-21-20-30(22(2)23(3)34(21)36)35-29-17-16-28-24(25(29)18-19-37(35)4)12-9-15-33(28)38-31-13-7-5-10-26(31)27-11-6-8-14-32(27)38/h5-20H,1-4H3/q+1. The van der Waals surface area contributed by atoms with Crippen LogP contribution < -0.4 is 4.57 Å². The molecule has 184 valence electrons. The zero-order chi connectivity index (χ0) is 26.1. The first-order valence-corrected chi connectivity index (χ1v) is 13.0. The summed E-state index contributed by atoms with van der Waals surface area (Å²) in [4.78, 5) is 0. The number of aromatic nitrogens is 2. The summed E-state index contributed by atoms with van der Waals surface area (Å²) >= 11 is 0. The Kier molecular flexibility index (Phi) is 4.93.